The van der Waals surface area contributed by atoms with Crippen LogP contribution in [0, 0.1) is 0 Å². The Labute approximate surface area is 114 Å². The maximum atomic E-state index is 10.9. The summed E-state index contributed by atoms with van der Waals surface area (Å²) in [7, 11) is 0. The minimum absolute atomic E-state index is 0.177. The number of benzene rings is 1. The van der Waals surface area contributed by atoms with Crippen LogP contribution in [0.15, 0.2) is 28.7 Å². The molecular weight excluding hydrogens is 300 g/mol. The van der Waals surface area contributed by atoms with Crippen LogP contribution < -0.4 is 10.6 Å². The summed E-state index contributed by atoms with van der Waals surface area (Å²) in [5, 5.41) is 14.3. The molecule has 1 rings (SSSR count). The highest BCUT2D eigenvalue weighted by Gasteiger charge is 2.17. The van der Waals surface area contributed by atoms with Gasteiger partial charge < -0.3 is 15.7 Å². The van der Waals surface area contributed by atoms with E-state index < -0.39 is 12.0 Å². The van der Waals surface area contributed by atoms with Gasteiger partial charge in [0.1, 0.15) is 6.04 Å². The lowest BCUT2D eigenvalue weighted by molar-refractivity contribution is -0.141. The predicted molar refractivity (Wildman–Crippen MR) is 71.1 cm³/mol. The van der Waals surface area contributed by atoms with Gasteiger partial charge in [0.05, 0.1) is 0 Å². The molecule has 18 heavy (non-hydrogen) atoms. The molecule has 0 aliphatic heterocycles. The van der Waals surface area contributed by atoms with E-state index in [4.69, 9.17) is 5.11 Å². The molecule has 0 bridgehead atoms. The van der Waals surface area contributed by atoms with Crippen molar-refractivity contribution in [2.75, 3.05) is 6.54 Å². The molecule has 0 saturated carbocycles. The van der Waals surface area contributed by atoms with E-state index in [2.05, 4.69) is 26.6 Å². The normalized spacial score (nSPS) is 11.9. The highest BCUT2D eigenvalue weighted by Crippen LogP contribution is 2.15. The third-order valence-electron chi connectivity index (χ3n) is 2.30. The van der Waals surface area contributed by atoms with Gasteiger partial charge in [-0.15, -0.1) is 0 Å². The predicted octanol–water partition coefficient (Wildman–Crippen LogP) is 1.13. The summed E-state index contributed by atoms with van der Waals surface area (Å²) < 4.78 is 0.962. The molecule has 0 radical (unpaired) electrons. The average molecular weight is 315 g/mol. The second-order valence-corrected chi connectivity index (χ2v) is 4.67. The summed E-state index contributed by atoms with van der Waals surface area (Å²) in [5.41, 5.74) is 1.03. The van der Waals surface area contributed by atoms with Crippen LogP contribution in [0.3, 0.4) is 0 Å². The third kappa shape index (κ3) is 4.85. The lowest BCUT2D eigenvalue weighted by atomic mass is 10.2. The van der Waals surface area contributed by atoms with E-state index in [9.17, 15) is 9.59 Å². The second kappa shape index (κ2) is 7.13. The van der Waals surface area contributed by atoms with E-state index in [-0.39, 0.29) is 12.5 Å². The zero-order chi connectivity index (χ0) is 13.5. The number of nitrogens with one attached hydrogen (secondary N) is 2. The van der Waals surface area contributed by atoms with Crippen molar-refractivity contribution < 1.29 is 14.7 Å². The molecule has 1 aromatic carbocycles. The summed E-state index contributed by atoms with van der Waals surface area (Å²) in [6.45, 7) is 2.00. The van der Waals surface area contributed by atoms with Gasteiger partial charge in [0.2, 0.25) is 5.91 Å². The van der Waals surface area contributed by atoms with Crippen molar-refractivity contribution in [3.8, 4) is 0 Å². The number of carboxylic acids is 1. The summed E-state index contributed by atoms with van der Waals surface area (Å²) in [6.07, 6.45) is 0. The highest BCUT2D eigenvalue weighted by molar-refractivity contribution is 9.10. The Bertz CT molecular complexity index is 437. The first-order valence-electron chi connectivity index (χ1n) is 5.44. The van der Waals surface area contributed by atoms with Crippen molar-refractivity contribution in [1.82, 2.24) is 10.6 Å². The van der Waals surface area contributed by atoms with Gasteiger partial charge in [0.25, 0.3) is 0 Å². The average Bonchev–Trinajstić information content (AvgIpc) is 2.29. The maximum absolute atomic E-state index is 10.9. The molecule has 98 valence electrons. The number of carboxylic acid groups (broad SMARTS) is 1. The number of halogens is 1. The Morgan fingerprint density at radius 1 is 1.39 bits per heavy atom. The molecule has 1 atom stereocenters. The molecule has 5 nitrogen and oxygen atoms in total. The zero-order valence-corrected chi connectivity index (χ0v) is 11.5. The van der Waals surface area contributed by atoms with Crippen LogP contribution in [0.5, 0.6) is 0 Å². The van der Waals surface area contributed by atoms with Crippen molar-refractivity contribution in [3.63, 3.8) is 0 Å². The number of carbonyl (C=O) groups is 2. The van der Waals surface area contributed by atoms with Crippen molar-refractivity contribution >= 4 is 27.8 Å². The topological polar surface area (TPSA) is 78.4 Å². The molecule has 6 heteroatoms. The first-order chi connectivity index (χ1) is 8.50. The number of carbonyl (C=O) groups excluding carboxylic acids is 1. The van der Waals surface area contributed by atoms with Crippen LogP contribution >= 0.6 is 15.9 Å². The Morgan fingerprint density at radius 2 is 2.06 bits per heavy atom. The van der Waals surface area contributed by atoms with Gasteiger partial charge in [-0.3, -0.25) is 4.79 Å². The summed E-state index contributed by atoms with van der Waals surface area (Å²) in [6, 6.07) is 6.75. The Morgan fingerprint density at radius 3 is 2.61 bits per heavy atom. The quantitative estimate of drug-likeness (QED) is 0.735. The first kappa shape index (κ1) is 14.7. The van der Waals surface area contributed by atoms with Gasteiger partial charge in [-0.05, 0) is 11.6 Å². The minimum Gasteiger partial charge on any atom is -0.480 e. The van der Waals surface area contributed by atoms with E-state index in [1.54, 1.807) is 0 Å². The van der Waals surface area contributed by atoms with Crippen LogP contribution in [0.1, 0.15) is 12.5 Å². The van der Waals surface area contributed by atoms with Gasteiger partial charge in [-0.25, -0.2) is 4.79 Å². The maximum Gasteiger partial charge on any atom is 0.327 e. The molecule has 1 aromatic rings. The number of amides is 1. The van der Waals surface area contributed by atoms with Crippen molar-refractivity contribution in [2.45, 2.75) is 19.5 Å². The third-order valence-corrected chi connectivity index (χ3v) is 3.07. The summed E-state index contributed by atoms with van der Waals surface area (Å²) >= 11 is 3.41. The number of hydrogen-bond acceptors (Lipinski definition) is 3. The van der Waals surface area contributed by atoms with Crippen molar-refractivity contribution in [1.29, 1.82) is 0 Å². The van der Waals surface area contributed by atoms with Gasteiger partial charge in [-0.1, -0.05) is 34.1 Å². The fourth-order valence-electron chi connectivity index (χ4n) is 1.44. The van der Waals surface area contributed by atoms with Crippen LogP contribution in [0.25, 0.3) is 0 Å². The molecular formula is C12H15BrN2O3. The molecule has 0 aromatic heterocycles. The second-order valence-electron chi connectivity index (χ2n) is 3.81. The van der Waals surface area contributed by atoms with Gasteiger partial charge in [0, 0.05) is 24.5 Å². The van der Waals surface area contributed by atoms with Crippen LogP contribution in [0.4, 0.5) is 0 Å². The fraction of sp³-hybridized carbons (Fsp3) is 0.333. The van der Waals surface area contributed by atoms with Crippen LogP contribution in [-0.4, -0.2) is 29.6 Å². The van der Waals surface area contributed by atoms with Crippen LogP contribution in [0.2, 0.25) is 0 Å². The van der Waals surface area contributed by atoms with E-state index in [1.165, 1.54) is 6.92 Å². The molecule has 0 aliphatic carbocycles. The zero-order valence-electron chi connectivity index (χ0n) is 9.94. The number of hydrogen-bond donors (Lipinski definition) is 3. The molecule has 0 aliphatic rings. The SMILES string of the molecule is CC(=O)NC(CNCc1ccccc1Br)C(=O)O. The number of aliphatic carboxylic acids is 1. The van der Waals surface area contributed by atoms with Gasteiger partial charge in [-0.2, -0.15) is 0 Å². The van der Waals surface area contributed by atoms with Crippen molar-refractivity contribution in [2.24, 2.45) is 0 Å². The van der Waals surface area contributed by atoms with E-state index in [1.807, 2.05) is 24.3 Å². The van der Waals surface area contributed by atoms with Gasteiger partial charge >= 0.3 is 5.97 Å². The molecule has 0 heterocycles. The van der Waals surface area contributed by atoms with Crippen LogP contribution in [-0.2, 0) is 16.1 Å². The first-order valence-corrected chi connectivity index (χ1v) is 6.24. The highest BCUT2D eigenvalue weighted by atomic mass is 79.9. The molecule has 1 unspecified atom stereocenters. The lowest BCUT2D eigenvalue weighted by Crippen LogP contribution is -2.46. The Hall–Kier alpha value is -1.40. The van der Waals surface area contributed by atoms with E-state index in [0.717, 1.165) is 10.0 Å². The standard InChI is InChI=1S/C12H15BrN2O3/c1-8(16)15-11(12(17)18)7-14-6-9-4-2-3-5-10(9)13/h2-5,11,14H,6-7H2,1H3,(H,15,16)(H,17,18). The largest absolute Gasteiger partial charge is 0.480 e. The molecule has 1 amide bonds. The number of rotatable bonds is 6. The molecule has 0 saturated heterocycles. The Kier molecular flexibility index (Phi) is 5.80. The van der Waals surface area contributed by atoms with Gasteiger partial charge in [0.15, 0.2) is 0 Å². The summed E-state index contributed by atoms with van der Waals surface area (Å²) in [4.78, 5) is 21.7. The fourth-order valence-corrected chi connectivity index (χ4v) is 1.86. The summed E-state index contributed by atoms with van der Waals surface area (Å²) in [5.74, 6) is -1.41. The lowest BCUT2D eigenvalue weighted by Gasteiger charge is -2.14. The molecule has 3 N–H and O–H groups in total. The van der Waals surface area contributed by atoms with E-state index >= 15 is 0 Å². The smallest absolute Gasteiger partial charge is 0.327 e. The van der Waals surface area contributed by atoms with Crippen molar-refractivity contribution in [3.05, 3.63) is 34.3 Å². The molecule has 0 fully saturated rings. The van der Waals surface area contributed by atoms with E-state index in [0.29, 0.717) is 6.54 Å². The minimum atomic E-state index is -1.05. The monoisotopic (exact) mass is 314 g/mol. The molecule has 0 spiro atoms. The Balaban J connectivity index is 2.46.